The second-order valence-corrected chi connectivity index (χ2v) is 15.2. The highest BCUT2D eigenvalue weighted by molar-refractivity contribution is 5.98. The Hall–Kier alpha value is -4.98. The maximum absolute atomic E-state index is 14.4. The smallest absolute Gasteiger partial charge is 0.410 e. The maximum Gasteiger partial charge on any atom is 0.410 e. The number of alkyl carbamates (subject to hydrolysis) is 1. The largest absolute Gasteiger partial charge is 0.444 e. The van der Waals surface area contributed by atoms with Gasteiger partial charge in [-0.15, -0.1) is 0 Å². The van der Waals surface area contributed by atoms with Gasteiger partial charge in [-0.3, -0.25) is 24.1 Å². The van der Waals surface area contributed by atoms with Crippen LogP contribution in [0.2, 0.25) is 0 Å². The highest BCUT2D eigenvalue weighted by Crippen LogP contribution is 2.45. The Bertz CT molecular complexity index is 1730. The van der Waals surface area contributed by atoms with Crippen molar-refractivity contribution >= 4 is 29.9 Å². The summed E-state index contributed by atoms with van der Waals surface area (Å²) >= 11 is 0. The Morgan fingerprint density at radius 1 is 1.02 bits per heavy atom. The third-order valence-corrected chi connectivity index (χ3v) is 10.0. The van der Waals surface area contributed by atoms with E-state index in [2.05, 4.69) is 16.1 Å². The summed E-state index contributed by atoms with van der Waals surface area (Å²) in [5.74, 6) is -2.38. The van der Waals surface area contributed by atoms with E-state index >= 15 is 0 Å². The van der Waals surface area contributed by atoms with Crippen molar-refractivity contribution in [2.24, 2.45) is 5.92 Å². The molecule has 5 atom stereocenters. The van der Waals surface area contributed by atoms with Gasteiger partial charge >= 0.3 is 12.2 Å². The summed E-state index contributed by atoms with van der Waals surface area (Å²) in [4.78, 5) is 76.8. The van der Waals surface area contributed by atoms with Crippen molar-refractivity contribution in [2.45, 2.75) is 115 Å². The van der Waals surface area contributed by atoms with Crippen LogP contribution < -0.4 is 16.1 Å². The molecule has 0 spiro atoms. The van der Waals surface area contributed by atoms with Crippen LogP contribution in [0, 0.1) is 11.7 Å². The lowest BCUT2D eigenvalue weighted by molar-refractivity contribution is -0.144. The number of carbonyl (C=O) groups excluding carboxylic acids is 5. The van der Waals surface area contributed by atoms with Crippen LogP contribution in [0.25, 0.3) is 0 Å². The predicted molar refractivity (Wildman–Crippen MR) is 190 cm³/mol. The van der Waals surface area contributed by atoms with Crippen molar-refractivity contribution in [3.05, 3.63) is 83.2 Å². The number of hydrogen-bond donors (Lipinski definition) is 3. The molecule has 2 aromatic carbocycles. The van der Waals surface area contributed by atoms with Crippen LogP contribution in [0.15, 0.2) is 60.7 Å². The van der Waals surface area contributed by atoms with Crippen LogP contribution in [0.4, 0.5) is 14.0 Å². The molecule has 1 saturated heterocycles. The van der Waals surface area contributed by atoms with Crippen molar-refractivity contribution in [1.29, 1.82) is 0 Å². The highest BCUT2D eigenvalue weighted by atomic mass is 19.1. The molecule has 4 aliphatic rings. The fourth-order valence-electron chi connectivity index (χ4n) is 7.19. The van der Waals surface area contributed by atoms with Crippen molar-refractivity contribution in [2.75, 3.05) is 6.54 Å². The number of halogens is 1. The minimum Gasteiger partial charge on any atom is -0.444 e. The minimum atomic E-state index is -1.33. The quantitative estimate of drug-likeness (QED) is 0.283. The molecule has 53 heavy (non-hydrogen) atoms. The second-order valence-electron chi connectivity index (χ2n) is 15.2. The molecule has 4 unspecified atom stereocenters. The number of hydroxylamine groups is 1. The Morgan fingerprint density at radius 2 is 1.81 bits per heavy atom. The summed E-state index contributed by atoms with van der Waals surface area (Å²) < 4.78 is 25.8. The van der Waals surface area contributed by atoms with Gasteiger partial charge in [0.15, 0.2) is 0 Å². The number of amides is 5. The third kappa shape index (κ3) is 9.16. The predicted octanol–water partition coefficient (Wildman–Crippen LogP) is 4.78. The fraction of sp³-hybridized carbons (Fsp3) is 0.513. The Morgan fingerprint density at radius 3 is 2.57 bits per heavy atom. The molecule has 3 aliphatic heterocycles. The van der Waals surface area contributed by atoms with Crippen molar-refractivity contribution in [3.63, 3.8) is 0 Å². The maximum atomic E-state index is 14.4. The number of rotatable bonds is 6. The van der Waals surface area contributed by atoms with Gasteiger partial charge < -0.3 is 25.0 Å². The van der Waals surface area contributed by atoms with Crippen LogP contribution in [-0.2, 0) is 48.4 Å². The van der Waals surface area contributed by atoms with Crippen LogP contribution in [0.1, 0.15) is 82.4 Å². The van der Waals surface area contributed by atoms with Gasteiger partial charge in [-0.2, -0.15) is 0 Å². The second kappa shape index (κ2) is 15.9. The van der Waals surface area contributed by atoms with E-state index in [0.29, 0.717) is 30.4 Å². The Balaban J connectivity index is 1.22. The van der Waals surface area contributed by atoms with Gasteiger partial charge in [-0.1, -0.05) is 67.5 Å². The topological polar surface area (TPSA) is 156 Å². The summed E-state index contributed by atoms with van der Waals surface area (Å²) in [6.07, 6.45) is 5.06. The number of nitrogens with one attached hydrogen (secondary N) is 3. The van der Waals surface area contributed by atoms with Gasteiger partial charge in [0.25, 0.3) is 5.91 Å². The van der Waals surface area contributed by atoms with Gasteiger partial charge in [0.05, 0.1) is 19.7 Å². The van der Waals surface area contributed by atoms with E-state index in [1.165, 1.54) is 15.9 Å². The third-order valence-electron chi connectivity index (χ3n) is 10.0. The zero-order chi connectivity index (χ0) is 37.8. The number of hydrogen-bond acceptors (Lipinski definition) is 8. The first-order valence-corrected chi connectivity index (χ1v) is 18.3. The first-order valence-electron chi connectivity index (χ1n) is 18.3. The number of carbonyl (C=O) groups is 5. The summed E-state index contributed by atoms with van der Waals surface area (Å²) in [5.41, 5.74) is 2.31. The molecular weight excluding hydrogens is 685 g/mol. The summed E-state index contributed by atoms with van der Waals surface area (Å²) in [5, 5.41) is 5.64. The molecule has 0 aromatic heterocycles. The average molecular weight is 734 g/mol. The van der Waals surface area contributed by atoms with Crippen LogP contribution >= 0.6 is 0 Å². The van der Waals surface area contributed by atoms with E-state index in [9.17, 15) is 28.4 Å². The Labute approximate surface area is 308 Å². The van der Waals surface area contributed by atoms with Gasteiger partial charge in [0.2, 0.25) is 11.8 Å². The summed E-state index contributed by atoms with van der Waals surface area (Å²) in [6, 6.07) is 11.8. The number of fused-ring (bicyclic) bond motifs is 3. The zero-order valence-corrected chi connectivity index (χ0v) is 30.4. The van der Waals surface area contributed by atoms with Crippen molar-refractivity contribution in [3.8, 4) is 0 Å². The van der Waals surface area contributed by atoms with E-state index in [1.54, 1.807) is 32.9 Å². The Kier molecular flexibility index (Phi) is 11.4. The van der Waals surface area contributed by atoms with Crippen LogP contribution in [-0.4, -0.2) is 75.6 Å². The molecular formula is C39H48FN5O8. The average Bonchev–Trinajstić information content (AvgIpc) is 3.40. The molecule has 3 heterocycles. The molecule has 6 rings (SSSR count). The first kappa shape index (κ1) is 37.8. The van der Waals surface area contributed by atoms with Gasteiger partial charge in [-0.05, 0) is 63.6 Å². The molecule has 14 heteroatoms. The molecule has 1 saturated carbocycles. The standard InChI is InChI=1S/C39H48FN5O8/c1-38(2,3)53-36(49)41-31-18-11-6-4-5-10-16-27-20-39(27,35(48)43-51-24-25-13-8-7-9-14-25)42-33(46)32-19-28(22-45(32)34(31)47)52-37(50)44-21-26-15-12-17-30(40)29(26)23-44/h7-10,12-17,27-28,31-32H,4-6,11,18-24H2,1-3H3,(H,41,49)(H,42,46)(H,43,48)/b16-10-/t27?,28?,31?,32-,39?/m0/s1. The number of allylic oxidation sites excluding steroid dienone is 1. The SMILES string of the molecule is CC(C)(C)OC(=O)NC1CCCCC/C=C\C2CC2(C(=O)NOCc2ccccc2)NC(=O)[C@@H]2CC(OC(=O)N3Cc4cccc(F)c4C3)CN2C1=O. The fourth-order valence-corrected chi connectivity index (χ4v) is 7.19. The summed E-state index contributed by atoms with van der Waals surface area (Å²) in [7, 11) is 0. The minimum absolute atomic E-state index is 0.0287. The number of nitrogens with zero attached hydrogens (tertiary/aromatic N) is 2. The van der Waals surface area contributed by atoms with Gasteiger partial charge in [0, 0.05) is 24.4 Å². The van der Waals surface area contributed by atoms with Gasteiger partial charge in [0.1, 0.15) is 35.1 Å². The first-order chi connectivity index (χ1) is 25.3. The van der Waals surface area contributed by atoms with Crippen LogP contribution in [0.3, 0.4) is 0 Å². The molecule has 1 aliphatic carbocycles. The molecule has 2 aromatic rings. The molecule has 0 radical (unpaired) electrons. The van der Waals surface area contributed by atoms with E-state index < -0.39 is 65.1 Å². The lowest BCUT2D eigenvalue weighted by atomic mass is 10.0. The molecule has 3 N–H and O–H groups in total. The molecule has 13 nitrogen and oxygen atoms in total. The lowest BCUT2D eigenvalue weighted by Crippen LogP contribution is -2.58. The molecule has 5 amide bonds. The highest BCUT2D eigenvalue weighted by Gasteiger charge is 2.61. The monoisotopic (exact) mass is 733 g/mol. The van der Waals surface area contributed by atoms with E-state index in [-0.39, 0.29) is 38.6 Å². The molecule has 0 bridgehead atoms. The van der Waals surface area contributed by atoms with E-state index in [4.69, 9.17) is 14.3 Å². The van der Waals surface area contributed by atoms with Gasteiger partial charge in [-0.25, -0.2) is 19.5 Å². The molecule has 284 valence electrons. The van der Waals surface area contributed by atoms with E-state index in [0.717, 1.165) is 24.8 Å². The molecule has 2 fully saturated rings. The summed E-state index contributed by atoms with van der Waals surface area (Å²) in [6.45, 7) is 5.33. The lowest BCUT2D eigenvalue weighted by Gasteiger charge is -2.30. The van der Waals surface area contributed by atoms with Crippen LogP contribution in [0.5, 0.6) is 0 Å². The van der Waals surface area contributed by atoms with Crippen molar-refractivity contribution < 1.29 is 42.7 Å². The number of benzene rings is 2. The van der Waals surface area contributed by atoms with Crippen molar-refractivity contribution in [1.82, 2.24) is 25.9 Å². The zero-order valence-electron chi connectivity index (χ0n) is 30.4. The van der Waals surface area contributed by atoms with E-state index in [1.807, 2.05) is 42.5 Å². The normalized spacial score (nSPS) is 26.5. The number of ether oxygens (including phenoxy) is 2.